The zero-order valence-corrected chi connectivity index (χ0v) is 16.7. The standard InChI is InChI=1S/C23H30N2O3/c1-15-14-28-7-6-25(15)21(26)19-2-4-20(5-3-19)24-22(27)23-11-16-8-17(12-23)10-18(9-16)13-23/h2-5,15-18H,6-14H2,1H3,(H,24,27). The predicted octanol–water partition coefficient (Wildman–Crippen LogP) is 3.70. The minimum absolute atomic E-state index is 0.0368. The summed E-state index contributed by atoms with van der Waals surface area (Å²) in [6.45, 7) is 3.82. The Labute approximate surface area is 166 Å². The number of benzene rings is 1. The molecular weight excluding hydrogens is 352 g/mol. The minimum atomic E-state index is -0.146. The monoisotopic (exact) mass is 382 g/mol. The van der Waals surface area contributed by atoms with Gasteiger partial charge < -0.3 is 15.0 Å². The zero-order valence-electron chi connectivity index (χ0n) is 16.7. The number of anilines is 1. The average Bonchev–Trinajstić information content (AvgIpc) is 2.67. The van der Waals surface area contributed by atoms with Crippen LogP contribution in [0.4, 0.5) is 5.69 Å². The molecule has 0 radical (unpaired) electrons. The molecule has 28 heavy (non-hydrogen) atoms. The molecule has 1 atom stereocenters. The first-order chi connectivity index (χ1) is 13.5. The fourth-order valence-electron chi connectivity index (χ4n) is 6.54. The molecule has 5 heteroatoms. The highest BCUT2D eigenvalue weighted by Crippen LogP contribution is 2.60. The molecule has 5 aliphatic rings. The molecule has 1 N–H and O–H groups in total. The van der Waals surface area contributed by atoms with Crippen LogP contribution in [0.15, 0.2) is 24.3 Å². The van der Waals surface area contributed by atoms with Gasteiger partial charge in [-0.05, 0) is 87.5 Å². The second-order valence-corrected chi connectivity index (χ2v) is 9.65. The molecule has 5 fully saturated rings. The van der Waals surface area contributed by atoms with Gasteiger partial charge in [0.15, 0.2) is 0 Å². The molecule has 1 heterocycles. The van der Waals surface area contributed by atoms with Gasteiger partial charge in [-0.1, -0.05) is 0 Å². The number of hydrogen-bond donors (Lipinski definition) is 1. The van der Waals surface area contributed by atoms with Crippen LogP contribution in [-0.4, -0.2) is 42.5 Å². The number of amides is 2. The van der Waals surface area contributed by atoms with E-state index in [1.807, 2.05) is 36.1 Å². The molecule has 150 valence electrons. The Bertz CT molecular complexity index is 737. The second kappa shape index (κ2) is 6.87. The minimum Gasteiger partial charge on any atom is -0.377 e. The van der Waals surface area contributed by atoms with Gasteiger partial charge in [0.05, 0.1) is 24.7 Å². The van der Waals surface area contributed by atoms with Crippen molar-refractivity contribution >= 4 is 17.5 Å². The van der Waals surface area contributed by atoms with Crippen LogP contribution >= 0.6 is 0 Å². The normalized spacial score (nSPS) is 36.4. The van der Waals surface area contributed by atoms with Crippen molar-refractivity contribution in [1.82, 2.24) is 4.90 Å². The fourth-order valence-corrected chi connectivity index (χ4v) is 6.54. The quantitative estimate of drug-likeness (QED) is 0.867. The molecule has 6 rings (SSSR count). The first kappa shape index (κ1) is 18.2. The topological polar surface area (TPSA) is 58.6 Å². The van der Waals surface area contributed by atoms with Gasteiger partial charge in [-0.15, -0.1) is 0 Å². The first-order valence-corrected chi connectivity index (χ1v) is 10.8. The number of nitrogens with one attached hydrogen (secondary N) is 1. The molecule has 1 aliphatic heterocycles. The SMILES string of the molecule is CC1COCCN1C(=O)c1ccc(NC(=O)C23CC4CC(CC(C4)C2)C3)cc1. The third kappa shape index (κ3) is 3.14. The Morgan fingerprint density at radius 2 is 1.64 bits per heavy atom. The molecule has 1 unspecified atom stereocenters. The van der Waals surface area contributed by atoms with E-state index in [4.69, 9.17) is 4.74 Å². The Hall–Kier alpha value is -1.88. The maximum absolute atomic E-state index is 13.2. The zero-order chi connectivity index (χ0) is 19.3. The van der Waals surface area contributed by atoms with Crippen LogP contribution < -0.4 is 5.32 Å². The van der Waals surface area contributed by atoms with Crippen LogP contribution in [0.5, 0.6) is 0 Å². The molecule has 4 bridgehead atoms. The highest BCUT2D eigenvalue weighted by Gasteiger charge is 2.54. The summed E-state index contributed by atoms with van der Waals surface area (Å²) in [5.41, 5.74) is 1.32. The molecular formula is C23H30N2O3. The third-order valence-corrected chi connectivity index (χ3v) is 7.54. The van der Waals surface area contributed by atoms with E-state index in [-0.39, 0.29) is 23.3 Å². The van der Waals surface area contributed by atoms with Crippen molar-refractivity contribution in [3.63, 3.8) is 0 Å². The predicted molar refractivity (Wildman–Crippen MR) is 107 cm³/mol. The molecule has 0 spiro atoms. The highest BCUT2D eigenvalue weighted by atomic mass is 16.5. The van der Waals surface area contributed by atoms with E-state index in [2.05, 4.69) is 5.32 Å². The van der Waals surface area contributed by atoms with E-state index < -0.39 is 0 Å². The summed E-state index contributed by atoms with van der Waals surface area (Å²) in [5.74, 6) is 2.51. The summed E-state index contributed by atoms with van der Waals surface area (Å²) < 4.78 is 5.42. The van der Waals surface area contributed by atoms with E-state index in [9.17, 15) is 9.59 Å². The summed E-state index contributed by atoms with van der Waals surface area (Å²) in [6.07, 6.45) is 7.21. The smallest absolute Gasteiger partial charge is 0.254 e. The van der Waals surface area contributed by atoms with Crippen molar-refractivity contribution in [3.8, 4) is 0 Å². The lowest BCUT2D eigenvalue weighted by Gasteiger charge is -2.55. The molecule has 2 amide bonds. The lowest BCUT2D eigenvalue weighted by atomic mass is 9.49. The molecule has 0 aromatic heterocycles. The number of ether oxygens (including phenoxy) is 1. The summed E-state index contributed by atoms with van der Waals surface area (Å²) in [5, 5.41) is 3.17. The van der Waals surface area contributed by atoms with Gasteiger partial charge in [-0.2, -0.15) is 0 Å². The number of nitrogens with zero attached hydrogens (tertiary/aromatic N) is 1. The third-order valence-electron chi connectivity index (χ3n) is 7.54. The van der Waals surface area contributed by atoms with E-state index in [1.165, 1.54) is 19.3 Å². The Morgan fingerprint density at radius 3 is 2.21 bits per heavy atom. The van der Waals surface area contributed by atoms with Gasteiger partial charge in [-0.3, -0.25) is 9.59 Å². The summed E-state index contributed by atoms with van der Waals surface area (Å²) >= 11 is 0. The summed E-state index contributed by atoms with van der Waals surface area (Å²) in [7, 11) is 0. The number of hydrogen-bond acceptors (Lipinski definition) is 3. The van der Waals surface area contributed by atoms with Gasteiger partial charge in [0.2, 0.25) is 5.91 Å². The van der Waals surface area contributed by atoms with Crippen molar-refractivity contribution in [2.24, 2.45) is 23.2 Å². The molecule has 1 aromatic carbocycles. The highest BCUT2D eigenvalue weighted by molar-refractivity contribution is 5.97. The maximum atomic E-state index is 13.2. The van der Waals surface area contributed by atoms with Crippen LogP contribution in [-0.2, 0) is 9.53 Å². The number of carbonyl (C=O) groups is 2. The lowest BCUT2D eigenvalue weighted by molar-refractivity contribution is -0.140. The summed E-state index contributed by atoms with van der Waals surface area (Å²) in [6, 6.07) is 7.50. The molecule has 1 saturated heterocycles. The lowest BCUT2D eigenvalue weighted by Crippen LogP contribution is -2.51. The van der Waals surface area contributed by atoms with Crippen LogP contribution in [0.1, 0.15) is 55.8 Å². The number of morpholine rings is 1. The van der Waals surface area contributed by atoms with Crippen molar-refractivity contribution in [3.05, 3.63) is 29.8 Å². The first-order valence-electron chi connectivity index (χ1n) is 10.8. The fraction of sp³-hybridized carbons (Fsp3) is 0.652. The van der Waals surface area contributed by atoms with Crippen LogP contribution in [0.25, 0.3) is 0 Å². The van der Waals surface area contributed by atoms with Gasteiger partial charge in [0, 0.05) is 17.8 Å². The Kier molecular flexibility index (Phi) is 4.46. The molecule has 5 nitrogen and oxygen atoms in total. The van der Waals surface area contributed by atoms with Crippen LogP contribution in [0.3, 0.4) is 0 Å². The second-order valence-electron chi connectivity index (χ2n) is 9.65. The van der Waals surface area contributed by atoms with Crippen molar-refractivity contribution in [2.75, 3.05) is 25.1 Å². The van der Waals surface area contributed by atoms with E-state index >= 15 is 0 Å². The van der Waals surface area contributed by atoms with Gasteiger partial charge >= 0.3 is 0 Å². The van der Waals surface area contributed by atoms with E-state index in [1.54, 1.807) is 0 Å². The van der Waals surface area contributed by atoms with E-state index in [0.29, 0.717) is 25.3 Å². The Balaban J connectivity index is 1.26. The number of carbonyl (C=O) groups excluding carboxylic acids is 2. The molecule has 4 aliphatic carbocycles. The van der Waals surface area contributed by atoms with Crippen molar-refractivity contribution in [1.29, 1.82) is 0 Å². The summed E-state index contributed by atoms with van der Waals surface area (Å²) in [4.78, 5) is 27.8. The molecule has 1 aromatic rings. The van der Waals surface area contributed by atoms with E-state index in [0.717, 1.165) is 42.7 Å². The molecule has 4 saturated carbocycles. The van der Waals surface area contributed by atoms with Gasteiger partial charge in [0.1, 0.15) is 0 Å². The Morgan fingerprint density at radius 1 is 1.04 bits per heavy atom. The van der Waals surface area contributed by atoms with Crippen LogP contribution in [0, 0.1) is 23.2 Å². The number of rotatable bonds is 3. The van der Waals surface area contributed by atoms with Gasteiger partial charge in [0.25, 0.3) is 5.91 Å². The van der Waals surface area contributed by atoms with Crippen molar-refractivity contribution < 1.29 is 14.3 Å². The average molecular weight is 383 g/mol. The maximum Gasteiger partial charge on any atom is 0.254 e. The van der Waals surface area contributed by atoms with Gasteiger partial charge in [-0.25, -0.2) is 0 Å². The van der Waals surface area contributed by atoms with Crippen LogP contribution in [0.2, 0.25) is 0 Å². The largest absolute Gasteiger partial charge is 0.377 e. The van der Waals surface area contributed by atoms with Crippen molar-refractivity contribution in [2.45, 2.75) is 51.5 Å².